The van der Waals surface area contributed by atoms with E-state index < -0.39 is 0 Å². The van der Waals surface area contributed by atoms with E-state index in [0.717, 1.165) is 31.4 Å². The lowest BCUT2D eigenvalue weighted by molar-refractivity contribution is 0.0111. The molecule has 102 valence electrons. The molecule has 1 aromatic heterocycles. The van der Waals surface area contributed by atoms with Gasteiger partial charge in [-0.3, -0.25) is 4.68 Å². The maximum atomic E-state index is 10.8. The Morgan fingerprint density at radius 1 is 1.39 bits per heavy atom. The summed E-state index contributed by atoms with van der Waals surface area (Å²) in [5.41, 5.74) is 1.09. The Labute approximate surface area is 110 Å². The van der Waals surface area contributed by atoms with Crippen molar-refractivity contribution >= 4 is 0 Å². The second-order valence-corrected chi connectivity index (χ2v) is 6.20. The molecule has 1 aromatic rings. The van der Waals surface area contributed by atoms with Crippen LogP contribution in [0.15, 0.2) is 12.4 Å². The van der Waals surface area contributed by atoms with Crippen LogP contribution in [0.4, 0.5) is 0 Å². The maximum absolute atomic E-state index is 10.8. The van der Waals surface area contributed by atoms with E-state index in [1.54, 1.807) is 0 Å². The number of nitrogens with zero attached hydrogens (tertiary/aromatic N) is 2. The average molecular weight is 250 g/mol. The van der Waals surface area contributed by atoms with Crippen LogP contribution in [0.3, 0.4) is 0 Å². The molecule has 0 amide bonds. The Bertz CT molecular complexity index is 378. The van der Waals surface area contributed by atoms with Gasteiger partial charge in [-0.1, -0.05) is 26.7 Å². The predicted molar refractivity (Wildman–Crippen MR) is 73.2 cm³/mol. The van der Waals surface area contributed by atoms with E-state index in [-0.39, 0.29) is 11.5 Å². The molecule has 0 aliphatic heterocycles. The lowest BCUT2D eigenvalue weighted by Crippen LogP contribution is -2.27. The van der Waals surface area contributed by atoms with Gasteiger partial charge >= 0.3 is 0 Å². The van der Waals surface area contributed by atoms with Crippen molar-refractivity contribution < 1.29 is 5.11 Å². The van der Waals surface area contributed by atoms with Crippen molar-refractivity contribution in [3.8, 4) is 0 Å². The van der Waals surface area contributed by atoms with Gasteiger partial charge in [-0.25, -0.2) is 0 Å². The normalized spacial score (nSPS) is 20.5. The molecule has 0 aromatic carbocycles. The van der Waals surface area contributed by atoms with Gasteiger partial charge < -0.3 is 5.11 Å². The van der Waals surface area contributed by atoms with Crippen LogP contribution in [-0.4, -0.2) is 14.9 Å². The fraction of sp³-hybridized carbons (Fsp3) is 0.800. The van der Waals surface area contributed by atoms with Gasteiger partial charge in [0.05, 0.1) is 12.3 Å². The first-order chi connectivity index (χ1) is 8.57. The predicted octanol–water partition coefficient (Wildman–Crippen LogP) is 3.54. The highest BCUT2D eigenvalue weighted by molar-refractivity contribution is 5.13. The minimum absolute atomic E-state index is 0.0930. The van der Waals surface area contributed by atoms with Gasteiger partial charge in [-0.05, 0) is 32.1 Å². The summed E-state index contributed by atoms with van der Waals surface area (Å²) in [4.78, 5) is 0. The highest BCUT2D eigenvalue weighted by Crippen LogP contribution is 2.51. The van der Waals surface area contributed by atoms with Gasteiger partial charge in [0, 0.05) is 23.7 Å². The van der Waals surface area contributed by atoms with Crippen molar-refractivity contribution in [2.24, 2.45) is 11.3 Å². The Hall–Kier alpha value is -0.830. The van der Waals surface area contributed by atoms with Crippen LogP contribution >= 0.6 is 0 Å². The second-order valence-electron chi connectivity index (χ2n) is 6.20. The zero-order valence-corrected chi connectivity index (χ0v) is 11.9. The fourth-order valence-electron chi connectivity index (χ4n) is 3.53. The SMILES string of the molecule is CCn1cc(C(O)C2(CC(C)C)CCCC2)cn1. The molecule has 1 N–H and O–H groups in total. The topological polar surface area (TPSA) is 38.0 Å². The molecule has 1 fully saturated rings. The summed E-state index contributed by atoms with van der Waals surface area (Å²) in [7, 11) is 0. The second kappa shape index (κ2) is 5.43. The summed E-state index contributed by atoms with van der Waals surface area (Å²) < 4.78 is 1.90. The smallest absolute Gasteiger partial charge is 0.0876 e. The lowest BCUT2D eigenvalue weighted by atomic mass is 9.72. The van der Waals surface area contributed by atoms with Gasteiger partial charge in [0.15, 0.2) is 0 Å². The first-order valence-electron chi connectivity index (χ1n) is 7.28. The number of hydrogen-bond acceptors (Lipinski definition) is 2. The van der Waals surface area contributed by atoms with E-state index in [4.69, 9.17) is 0 Å². The number of aromatic nitrogens is 2. The summed E-state index contributed by atoms with van der Waals surface area (Å²) in [6, 6.07) is 0. The minimum Gasteiger partial charge on any atom is -0.388 e. The quantitative estimate of drug-likeness (QED) is 0.868. The molecule has 0 spiro atoms. The average Bonchev–Trinajstić information content (AvgIpc) is 2.96. The van der Waals surface area contributed by atoms with E-state index in [9.17, 15) is 5.11 Å². The Kier molecular flexibility index (Phi) is 4.10. The summed E-state index contributed by atoms with van der Waals surface area (Å²) >= 11 is 0. The number of aliphatic hydroxyl groups excluding tert-OH is 1. The van der Waals surface area contributed by atoms with Crippen molar-refractivity contribution in [2.75, 3.05) is 0 Å². The van der Waals surface area contributed by atoms with Gasteiger partial charge in [-0.2, -0.15) is 5.10 Å². The molecule has 0 radical (unpaired) electrons. The Balaban J connectivity index is 2.19. The highest BCUT2D eigenvalue weighted by Gasteiger charge is 2.41. The molecule has 1 aliphatic carbocycles. The number of rotatable bonds is 5. The first kappa shape index (κ1) is 13.6. The van der Waals surface area contributed by atoms with Gasteiger partial charge in [-0.15, -0.1) is 0 Å². The summed E-state index contributed by atoms with van der Waals surface area (Å²) in [6.45, 7) is 7.44. The standard InChI is InChI=1S/C15H26N2O/c1-4-17-11-13(10-16-17)14(18)15(9-12(2)3)7-5-6-8-15/h10-12,14,18H,4-9H2,1-3H3. The minimum atomic E-state index is -0.345. The van der Waals surface area contributed by atoms with E-state index in [0.29, 0.717) is 5.92 Å². The Morgan fingerprint density at radius 3 is 2.56 bits per heavy atom. The molecule has 3 heteroatoms. The molecule has 1 aliphatic rings. The van der Waals surface area contributed by atoms with Crippen LogP contribution in [0.25, 0.3) is 0 Å². The van der Waals surface area contributed by atoms with Crippen molar-refractivity contribution in [1.82, 2.24) is 9.78 Å². The molecule has 0 saturated heterocycles. The third-order valence-corrected chi connectivity index (χ3v) is 4.29. The van der Waals surface area contributed by atoms with Crippen molar-refractivity contribution in [1.29, 1.82) is 0 Å². The third kappa shape index (κ3) is 2.61. The molecule has 1 saturated carbocycles. The van der Waals surface area contributed by atoms with E-state index >= 15 is 0 Å². The zero-order chi connectivity index (χ0) is 13.2. The van der Waals surface area contributed by atoms with E-state index in [1.807, 2.05) is 17.1 Å². The molecule has 1 atom stereocenters. The fourth-order valence-corrected chi connectivity index (χ4v) is 3.53. The third-order valence-electron chi connectivity index (χ3n) is 4.29. The van der Waals surface area contributed by atoms with Gasteiger partial charge in [0.1, 0.15) is 0 Å². The molecule has 1 unspecified atom stereocenters. The van der Waals surface area contributed by atoms with Gasteiger partial charge in [0.2, 0.25) is 0 Å². The molecule has 1 heterocycles. The Morgan fingerprint density at radius 2 is 2.06 bits per heavy atom. The maximum Gasteiger partial charge on any atom is 0.0876 e. The van der Waals surface area contributed by atoms with Crippen molar-refractivity contribution in [3.63, 3.8) is 0 Å². The molecule has 3 nitrogen and oxygen atoms in total. The lowest BCUT2D eigenvalue weighted by Gasteiger charge is -2.35. The molecule has 18 heavy (non-hydrogen) atoms. The summed E-state index contributed by atoms with van der Waals surface area (Å²) in [5, 5.41) is 15.1. The van der Waals surface area contributed by atoms with Crippen LogP contribution in [0.1, 0.15) is 64.5 Å². The van der Waals surface area contributed by atoms with Crippen LogP contribution in [0.5, 0.6) is 0 Å². The van der Waals surface area contributed by atoms with Crippen LogP contribution in [-0.2, 0) is 6.54 Å². The van der Waals surface area contributed by atoms with Crippen molar-refractivity contribution in [2.45, 2.75) is 65.5 Å². The van der Waals surface area contributed by atoms with Crippen LogP contribution in [0.2, 0.25) is 0 Å². The molecule has 2 rings (SSSR count). The number of aryl methyl sites for hydroxylation is 1. The molecular formula is C15H26N2O. The summed E-state index contributed by atoms with van der Waals surface area (Å²) in [5.74, 6) is 0.638. The highest BCUT2D eigenvalue weighted by atomic mass is 16.3. The monoisotopic (exact) mass is 250 g/mol. The largest absolute Gasteiger partial charge is 0.388 e. The summed E-state index contributed by atoms with van der Waals surface area (Å²) in [6.07, 6.45) is 9.44. The number of hydrogen-bond donors (Lipinski definition) is 1. The first-order valence-corrected chi connectivity index (χ1v) is 7.28. The van der Waals surface area contributed by atoms with Crippen LogP contribution < -0.4 is 0 Å². The van der Waals surface area contributed by atoms with Crippen LogP contribution in [0, 0.1) is 11.3 Å². The van der Waals surface area contributed by atoms with Gasteiger partial charge in [0.25, 0.3) is 0 Å². The van der Waals surface area contributed by atoms with E-state index in [2.05, 4.69) is 25.9 Å². The molecule has 0 bridgehead atoms. The van der Waals surface area contributed by atoms with E-state index in [1.165, 1.54) is 12.8 Å². The van der Waals surface area contributed by atoms with Crippen molar-refractivity contribution in [3.05, 3.63) is 18.0 Å². The number of aliphatic hydroxyl groups is 1. The zero-order valence-electron chi connectivity index (χ0n) is 11.9. The molecular weight excluding hydrogens is 224 g/mol.